The van der Waals surface area contributed by atoms with Crippen LogP contribution in [0.5, 0.6) is 0 Å². The smallest absolute Gasteiger partial charge is 0.223 e. The molecule has 0 N–H and O–H groups in total. The Kier molecular flexibility index (Phi) is 5.84. The molecule has 1 amide bonds. The van der Waals surface area contributed by atoms with E-state index in [0.717, 1.165) is 28.0 Å². The van der Waals surface area contributed by atoms with Crippen molar-refractivity contribution >= 4 is 16.9 Å². The van der Waals surface area contributed by atoms with Gasteiger partial charge in [-0.3, -0.25) is 9.78 Å². The molecule has 2 heterocycles. The number of aromatic nitrogens is 3. The maximum Gasteiger partial charge on any atom is 0.223 e. The minimum Gasteiger partial charge on any atom is -0.334 e. The van der Waals surface area contributed by atoms with Crippen molar-refractivity contribution in [2.75, 3.05) is 0 Å². The number of aryl methyl sites for hydroxylation is 2. The molecule has 0 aliphatic rings. The Balaban J connectivity index is 1.51. The van der Waals surface area contributed by atoms with E-state index in [2.05, 4.69) is 9.97 Å². The largest absolute Gasteiger partial charge is 0.334 e. The molecule has 0 radical (unpaired) electrons. The van der Waals surface area contributed by atoms with Crippen LogP contribution in [0.3, 0.4) is 0 Å². The summed E-state index contributed by atoms with van der Waals surface area (Å²) in [6.45, 7) is 0.764. The Morgan fingerprint density at radius 3 is 2.60 bits per heavy atom. The Bertz CT molecular complexity index is 1160. The molecule has 152 valence electrons. The lowest BCUT2D eigenvalue weighted by Gasteiger charge is -2.23. The van der Waals surface area contributed by atoms with E-state index in [1.165, 1.54) is 12.1 Å². The highest BCUT2D eigenvalue weighted by Gasteiger charge is 2.17. The van der Waals surface area contributed by atoms with Gasteiger partial charge >= 0.3 is 0 Å². The first kappa shape index (κ1) is 19.8. The molecule has 0 aliphatic carbocycles. The fourth-order valence-electron chi connectivity index (χ4n) is 3.60. The van der Waals surface area contributed by atoms with Crippen molar-refractivity contribution < 1.29 is 9.18 Å². The Morgan fingerprint density at radius 1 is 1.03 bits per heavy atom. The molecule has 0 saturated heterocycles. The summed E-state index contributed by atoms with van der Waals surface area (Å²) in [4.78, 5) is 23.6. The lowest BCUT2D eigenvalue weighted by atomic mass is 10.1. The second-order valence-electron chi connectivity index (χ2n) is 7.32. The Hall–Kier alpha value is -3.54. The molecule has 6 heteroatoms. The number of hydrogen-bond donors (Lipinski definition) is 0. The van der Waals surface area contributed by atoms with Crippen LogP contribution >= 0.6 is 0 Å². The summed E-state index contributed by atoms with van der Waals surface area (Å²) >= 11 is 0. The second kappa shape index (κ2) is 8.86. The molecule has 0 fully saturated rings. The van der Waals surface area contributed by atoms with Crippen molar-refractivity contribution in [2.45, 2.75) is 25.9 Å². The van der Waals surface area contributed by atoms with E-state index in [1.54, 1.807) is 23.4 Å². The maximum atomic E-state index is 13.6. The van der Waals surface area contributed by atoms with Crippen molar-refractivity contribution in [2.24, 2.45) is 7.05 Å². The van der Waals surface area contributed by atoms with Crippen LogP contribution in [0.4, 0.5) is 4.39 Å². The summed E-state index contributed by atoms with van der Waals surface area (Å²) in [5, 5.41) is 0. The lowest BCUT2D eigenvalue weighted by molar-refractivity contribution is -0.132. The van der Waals surface area contributed by atoms with Gasteiger partial charge in [-0.25, -0.2) is 9.37 Å². The number of pyridine rings is 1. The molecular weight excluding hydrogens is 379 g/mol. The van der Waals surface area contributed by atoms with Crippen LogP contribution in [0.25, 0.3) is 11.0 Å². The summed E-state index contributed by atoms with van der Waals surface area (Å²) in [5.41, 5.74) is 3.67. The van der Waals surface area contributed by atoms with E-state index in [4.69, 9.17) is 0 Å². The van der Waals surface area contributed by atoms with Gasteiger partial charge in [-0.1, -0.05) is 30.3 Å². The zero-order valence-corrected chi connectivity index (χ0v) is 16.8. The topological polar surface area (TPSA) is 51.0 Å². The number of hydrogen-bond acceptors (Lipinski definition) is 3. The van der Waals surface area contributed by atoms with Crippen LogP contribution in [0, 0.1) is 5.82 Å². The molecule has 2 aromatic heterocycles. The monoisotopic (exact) mass is 402 g/mol. The number of carbonyl (C=O) groups is 1. The number of carbonyl (C=O) groups excluding carboxylic acids is 1. The third kappa shape index (κ3) is 4.54. The first-order chi connectivity index (χ1) is 14.6. The summed E-state index contributed by atoms with van der Waals surface area (Å²) in [6.07, 6.45) is 4.31. The number of nitrogens with zero attached hydrogens (tertiary/aromatic N) is 4. The van der Waals surface area contributed by atoms with Crippen LogP contribution < -0.4 is 0 Å². The average Bonchev–Trinajstić information content (AvgIpc) is 3.08. The van der Waals surface area contributed by atoms with Gasteiger partial charge in [-0.05, 0) is 41.5 Å². The SMILES string of the molecule is Cn1c(CCC(=O)N(Cc2cccnc2)Cc2cccc(F)c2)nc2ccccc21. The number of rotatable bonds is 7. The van der Waals surface area contributed by atoms with E-state index in [-0.39, 0.29) is 11.7 Å². The van der Waals surface area contributed by atoms with Gasteiger partial charge in [-0.2, -0.15) is 0 Å². The van der Waals surface area contributed by atoms with Gasteiger partial charge in [-0.15, -0.1) is 0 Å². The number of fused-ring (bicyclic) bond motifs is 1. The zero-order valence-electron chi connectivity index (χ0n) is 16.8. The number of imidazole rings is 1. The first-order valence-electron chi connectivity index (χ1n) is 9.91. The van der Waals surface area contributed by atoms with E-state index in [1.807, 2.05) is 54.1 Å². The maximum absolute atomic E-state index is 13.6. The van der Waals surface area contributed by atoms with Crippen LogP contribution in [-0.4, -0.2) is 25.3 Å². The van der Waals surface area contributed by atoms with Crippen molar-refractivity contribution in [1.82, 2.24) is 19.4 Å². The minimum absolute atomic E-state index is 0.00447. The highest BCUT2D eigenvalue weighted by molar-refractivity contribution is 5.78. The third-order valence-electron chi connectivity index (χ3n) is 5.15. The second-order valence-corrected chi connectivity index (χ2v) is 7.32. The van der Waals surface area contributed by atoms with E-state index >= 15 is 0 Å². The van der Waals surface area contributed by atoms with Crippen molar-refractivity contribution in [1.29, 1.82) is 0 Å². The molecule has 4 rings (SSSR count). The predicted octanol–water partition coefficient (Wildman–Crippen LogP) is 4.27. The molecule has 0 unspecified atom stereocenters. The van der Waals surface area contributed by atoms with Crippen LogP contribution in [0.2, 0.25) is 0 Å². The summed E-state index contributed by atoms with van der Waals surface area (Å²) in [6, 6.07) is 18.1. The number of benzene rings is 2. The Morgan fingerprint density at radius 2 is 1.83 bits per heavy atom. The third-order valence-corrected chi connectivity index (χ3v) is 5.15. The van der Waals surface area contributed by atoms with Gasteiger partial charge in [0.25, 0.3) is 0 Å². The van der Waals surface area contributed by atoms with Gasteiger partial charge in [0.05, 0.1) is 11.0 Å². The van der Waals surface area contributed by atoms with Crippen LogP contribution in [0.15, 0.2) is 73.1 Å². The Labute approximate surface area is 174 Å². The summed E-state index contributed by atoms with van der Waals surface area (Å²) < 4.78 is 15.7. The number of para-hydroxylation sites is 2. The minimum atomic E-state index is -0.305. The lowest BCUT2D eigenvalue weighted by Crippen LogP contribution is -2.30. The predicted molar refractivity (Wildman–Crippen MR) is 114 cm³/mol. The van der Waals surface area contributed by atoms with Crippen LogP contribution in [0.1, 0.15) is 23.4 Å². The van der Waals surface area contributed by atoms with E-state index < -0.39 is 0 Å². The van der Waals surface area contributed by atoms with E-state index in [0.29, 0.717) is 25.9 Å². The molecule has 2 aromatic carbocycles. The molecular formula is C24H23FN4O. The fraction of sp³-hybridized carbons (Fsp3) is 0.208. The average molecular weight is 402 g/mol. The van der Waals surface area contributed by atoms with Crippen molar-refractivity contribution in [3.8, 4) is 0 Å². The molecule has 0 aliphatic heterocycles. The standard InChI is InChI=1S/C24H23FN4O/c1-28-22-10-3-2-9-21(22)27-23(28)11-12-24(30)29(17-19-7-5-13-26-15-19)16-18-6-4-8-20(25)14-18/h2-10,13-15H,11-12,16-17H2,1H3. The highest BCUT2D eigenvalue weighted by atomic mass is 19.1. The van der Waals surface area contributed by atoms with Gasteiger partial charge in [0.1, 0.15) is 11.6 Å². The number of amides is 1. The molecule has 0 atom stereocenters. The van der Waals surface area contributed by atoms with E-state index in [9.17, 15) is 9.18 Å². The van der Waals surface area contributed by atoms with Crippen molar-refractivity contribution in [3.63, 3.8) is 0 Å². The first-order valence-corrected chi connectivity index (χ1v) is 9.91. The zero-order chi connectivity index (χ0) is 20.9. The summed E-state index contributed by atoms with van der Waals surface area (Å²) in [5.74, 6) is 0.563. The highest BCUT2D eigenvalue weighted by Crippen LogP contribution is 2.17. The number of halogens is 1. The molecule has 0 bridgehead atoms. The molecule has 0 saturated carbocycles. The summed E-state index contributed by atoms with van der Waals surface area (Å²) in [7, 11) is 1.97. The van der Waals surface area contributed by atoms with Crippen molar-refractivity contribution in [3.05, 3.63) is 95.8 Å². The van der Waals surface area contributed by atoms with Gasteiger partial charge in [0, 0.05) is 45.4 Å². The van der Waals surface area contributed by atoms with Gasteiger partial charge < -0.3 is 9.47 Å². The van der Waals surface area contributed by atoms with Crippen LogP contribution in [-0.2, 0) is 31.4 Å². The molecule has 4 aromatic rings. The normalized spacial score (nSPS) is 11.0. The molecule has 30 heavy (non-hydrogen) atoms. The van der Waals surface area contributed by atoms with Gasteiger partial charge in [0.15, 0.2) is 0 Å². The molecule has 0 spiro atoms. The fourth-order valence-corrected chi connectivity index (χ4v) is 3.60. The van der Waals surface area contributed by atoms with Gasteiger partial charge in [0.2, 0.25) is 5.91 Å². The quantitative estimate of drug-likeness (QED) is 0.464. The molecule has 5 nitrogen and oxygen atoms in total.